The number of halogens is 1. The van der Waals surface area contributed by atoms with E-state index in [9.17, 15) is 9.18 Å². The van der Waals surface area contributed by atoms with Crippen molar-refractivity contribution in [3.8, 4) is 0 Å². The Morgan fingerprint density at radius 2 is 2.04 bits per heavy atom. The monoisotopic (exact) mass is 358 g/mol. The largest absolute Gasteiger partial charge is 0.372 e. The Morgan fingerprint density at radius 3 is 2.69 bits per heavy atom. The molecule has 1 aromatic carbocycles. The van der Waals surface area contributed by atoms with Crippen molar-refractivity contribution in [1.82, 2.24) is 15.3 Å². The molecule has 1 aliphatic rings. The Morgan fingerprint density at radius 1 is 1.31 bits per heavy atom. The average molecular weight is 358 g/mol. The zero-order chi connectivity index (χ0) is 18.7. The lowest BCUT2D eigenvalue weighted by Gasteiger charge is -2.37. The van der Waals surface area contributed by atoms with Crippen molar-refractivity contribution >= 4 is 11.6 Å². The van der Waals surface area contributed by atoms with E-state index in [0.717, 1.165) is 0 Å². The second-order valence-electron chi connectivity index (χ2n) is 6.62. The second-order valence-corrected chi connectivity index (χ2v) is 6.62. The summed E-state index contributed by atoms with van der Waals surface area (Å²) >= 11 is 0. The van der Waals surface area contributed by atoms with Gasteiger partial charge in [-0.15, -0.1) is 0 Å². The molecular weight excluding hydrogens is 335 g/mol. The fourth-order valence-electron chi connectivity index (χ4n) is 3.15. The minimum atomic E-state index is -0.309. The molecule has 0 radical (unpaired) electrons. The van der Waals surface area contributed by atoms with Crippen molar-refractivity contribution < 1.29 is 13.9 Å². The Kier molecular flexibility index (Phi) is 5.46. The van der Waals surface area contributed by atoms with Gasteiger partial charge in [0.25, 0.3) is 5.91 Å². The number of carbonyl (C=O) groups is 1. The maximum absolute atomic E-state index is 14.6. The number of ether oxygens (including phenoxy) is 1. The molecule has 3 rings (SSSR count). The standard InChI is InChI=1S/C19H23FN4O2/c1-12-10-24(11-13(2)26-12)18-5-4-15(8-16(18)20)9-22-19(25)17-6-7-21-14(3)23-17/h4-8,12-13H,9-11H2,1-3H3,(H,22,25)/t12-,13-/m1/s1. The van der Waals surface area contributed by atoms with Crippen LogP contribution in [0.4, 0.5) is 10.1 Å². The number of benzene rings is 1. The van der Waals surface area contributed by atoms with E-state index < -0.39 is 0 Å². The van der Waals surface area contributed by atoms with E-state index in [2.05, 4.69) is 15.3 Å². The molecule has 0 unspecified atom stereocenters. The minimum absolute atomic E-state index is 0.0634. The number of carbonyl (C=O) groups excluding carboxylic acids is 1. The predicted octanol–water partition coefficient (Wildman–Crippen LogP) is 2.47. The molecule has 0 spiro atoms. The highest BCUT2D eigenvalue weighted by molar-refractivity contribution is 5.92. The van der Waals surface area contributed by atoms with Crippen LogP contribution < -0.4 is 10.2 Å². The number of nitrogens with one attached hydrogen (secondary N) is 1. The number of aromatic nitrogens is 2. The number of amides is 1. The first-order valence-corrected chi connectivity index (χ1v) is 8.69. The van der Waals surface area contributed by atoms with Crippen molar-refractivity contribution in [3.63, 3.8) is 0 Å². The molecule has 7 heteroatoms. The van der Waals surface area contributed by atoms with Crippen LogP contribution in [0.2, 0.25) is 0 Å². The van der Waals surface area contributed by atoms with Gasteiger partial charge in [0.05, 0.1) is 17.9 Å². The van der Waals surface area contributed by atoms with Gasteiger partial charge in [0.15, 0.2) is 0 Å². The zero-order valence-corrected chi connectivity index (χ0v) is 15.2. The molecule has 1 saturated heterocycles. The summed E-state index contributed by atoms with van der Waals surface area (Å²) in [5.74, 6) is -0.0752. The summed E-state index contributed by atoms with van der Waals surface area (Å²) in [5.41, 5.74) is 1.55. The van der Waals surface area contributed by atoms with Crippen molar-refractivity contribution in [3.05, 3.63) is 53.4 Å². The van der Waals surface area contributed by atoms with Crippen LogP contribution in [0.3, 0.4) is 0 Å². The summed E-state index contributed by atoms with van der Waals surface area (Å²) in [4.78, 5) is 22.2. The molecule has 2 heterocycles. The van der Waals surface area contributed by atoms with Crippen LogP contribution in [0.1, 0.15) is 35.7 Å². The molecule has 1 aromatic heterocycles. The number of morpholine rings is 1. The van der Waals surface area contributed by atoms with Gasteiger partial charge in [0.2, 0.25) is 0 Å². The molecule has 138 valence electrons. The quantitative estimate of drug-likeness (QED) is 0.909. The lowest BCUT2D eigenvalue weighted by molar-refractivity contribution is -0.00539. The van der Waals surface area contributed by atoms with Crippen molar-refractivity contribution in [2.45, 2.75) is 39.5 Å². The van der Waals surface area contributed by atoms with Gasteiger partial charge >= 0.3 is 0 Å². The smallest absolute Gasteiger partial charge is 0.270 e. The van der Waals surface area contributed by atoms with Crippen molar-refractivity contribution in [2.24, 2.45) is 0 Å². The van der Waals surface area contributed by atoms with Gasteiger partial charge in [-0.3, -0.25) is 4.79 Å². The van der Waals surface area contributed by atoms with Gasteiger partial charge in [0, 0.05) is 25.8 Å². The molecule has 26 heavy (non-hydrogen) atoms. The SMILES string of the molecule is Cc1nccc(C(=O)NCc2ccc(N3C[C@@H](C)O[C@H](C)C3)c(F)c2)n1. The summed E-state index contributed by atoms with van der Waals surface area (Å²) in [7, 11) is 0. The van der Waals surface area contributed by atoms with E-state index >= 15 is 0 Å². The normalized spacial score (nSPS) is 20.1. The highest BCUT2D eigenvalue weighted by Crippen LogP contribution is 2.24. The van der Waals surface area contributed by atoms with Gasteiger partial charge in [-0.1, -0.05) is 6.07 Å². The fraction of sp³-hybridized carbons (Fsp3) is 0.421. The number of hydrogen-bond donors (Lipinski definition) is 1. The topological polar surface area (TPSA) is 67.4 Å². The molecule has 1 N–H and O–H groups in total. The third-order valence-corrected chi connectivity index (χ3v) is 4.23. The molecule has 1 aliphatic heterocycles. The molecule has 1 amide bonds. The summed E-state index contributed by atoms with van der Waals surface area (Å²) in [5, 5.41) is 2.75. The van der Waals surface area contributed by atoms with E-state index in [-0.39, 0.29) is 30.5 Å². The molecule has 6 nitrogen and oxygen atoms in total. The van der Waals surface area contributed by atoms with Crippen LogP contribution in [0.25, 0.3) is 0 Å². The maximum atomic E-state index is 14.6. The average Bonchev–Trinajstić information content (AvgIpc) is 2.59. The van der Waals surface area contributed by atoms with Gasteiger partial charge in [-0.25, -0.2) is 14.4 Å². The number of nitrogens with zero attached hydrogens (tertiary/aromatic N) is 3. The molecule has 2 aromatic rings. The van der Waals surface area contributed by atoms with Crippen LogP contribution in [0.15, 0.2) is 30.5 Å². The molecule has 0 bridgehead atoms. The number of anilines is 1. The van der Waals surface area contributed by atoms with Gasteiger partial charge < -0.3 is 15.0 Å². The third kappa shape index (κ3) is 4.35. The van der Waals surface area contributed by atoms with Crippen LogP contribution in [0, 0.1) is 12.7 Å². The molecule has 1 fully saturated rings. The van der Waals surface area contributed by atoms with Gasteiger partial charge in [-0.2, -0.15) is 0 Å². The minimum Gasteiger partial charge on any atom is -0.372 e. The summed E-state index contributed by atoms with van der Waals surface area (Å²) < 4.78 is 20.3. The van der Waals surface area contributed by atoms with E-state index in [1.54, 1.807) is 19.1 Å². The summed E-state index contributed by atoms with van der Waals surface area (Å²) in [6.07, 6.45) is 1.66. The predicted molar refractivity (Wildman–Crippen MR) is 96.6 cm³/mol. The van der Waals surface area contributed by atoms with Crippen molar-refractivity contribution in [1.29, 1.82) is 0 Å². The fourth-order valence-corrected chi connectivity index (χ4v) is 3.15. The lowest BCUT2D eigenvalue weighted by atomic mass is 10.1. The third-order valence-electron chi connectivity index (χ3n) is 4.23. The first kappa shape index (κ1) is 18.3. The number of hydrogen-bond acceptors (Lipinski definition) is 5. The van der Waals surface area contributed by atoms with E-state index in [1.807, 2.05) is 24.8 Å². The van der Waals surface area contributed by atoms with Crippen LogP contribution in [-0.2, 0) is 11.3 Å². The highest BCUT2D eigenvalue weighted by atomic mass is 19.1. The molecule has 0 saturated carbocycles. The van der Waals surface area contributed by atoms with E-state index in [1.165, 1.54) is 12.3 Å². The van der Waals surface area contributed by atoms with E-state index in [0.29, 0.717) is 35.9 Å². The molecule has 0 aliphatic carbocycles. The summed E-state index contributed by atoms with van der Waals surface area (Å²) in [6.45, 7) is 7.24. The first-order chi connectivity index (χ1) is 12.4. The Bertz CT molecular complexity index is 789. The van der Waals surface area contributed by atoms with Gasteiger partial charge in [-0.05, 0) is 44.5 Å². The maximum Gasteiger partial charge on any atom is 0.270 e. The Balaban J connectivity index is 1.65. The lowest BCUT2D eigenvalue weighted by Crippen LogP contribution is -2.45. The highest BCUT2D eigenvalue weighted by Gasteiger charge is 2.24. The molecular formula is C19H23FN4O2. The summed E-state index contributed by atoms with van der Waals surface area (Å²) in [6, 6.07) is 6.60. The van der Waals surface area contributed by atoms with Gasteiger partial charge in [0.1, 0.15) is 17.3 Å². The van der Waals surface area contributed by atoms with E-state index in [4.69, 9.17) is 4.74 Å². The Hall–Kier alpha value is -2.54. The van der Waals surface area contributed by atoms with Crippen LogP contribution >= 0.6 is 0 Å². The Labute approximate surface area is 152 Å². The van der Waals surface area contributed by atoms with Crippen LogP contribution in [-0.4, -0.2) is 41.2 Å². The first-order valence-electron chi connectivity index (χ1n) is 8.69. The number of rotatable bonds is 4. The second kappa shape index (κ2) is 7.78. The number of aryl methyl sites for hydroxylation is 1. The van der Waals surface area contributed by atoms with Crippen LogP contribution in [0.5, 0.6) is 0 Å². The van der Waals surface area contributed by atoms with Crippen molar-refractivity contribution in [2.75, 3.05) is 18.0 Å². The molecule has 2 atom stereocenters. The zero-order valence-electron chi connectivity index (χ0n) is 15.2.